The van der Waals surface area contributed by atoms with Crippen molar-refractivity contribution in [3.63, 3.8) is 0 Å². The zero-order valence-corrected chi connectivity index (χ0v) is 14.4. The Balaban J connectivity index is 1.48. The van der Waals surface area contributed by atoms with Crippen molar-refractivity contribution >= 4 is 28.3 Å². The first-order valence-electron chi connectivity index (χ1n) is 7.83. The first-order valence-corrected chi connectivity index (χ1v) is 8.21. The first-order chi connectivity index (χ1) is 13.1. The van der Waals surface area contributed by atoms with Crippen molar-refractivity contribution in [2.24, 2.45) is 0 Å². The van der Waals surface area contributed by atoms with E-state index in [-0.39, 0.29) is 10.8 Å². The molecule has 2 N–H and O–H groups in total. The van der Waals surface area contributed by atoms with E-state index >= 15 is 0 Å². The number of tetrazole rings is 1. The molecular formula is C17H12ClF2N5O2. The zero-order valence-electron chi connectivity index (χ0n) is 13.6. The maximum absolute atomic E-state index is 12.3. The predicted molar refractivity (Wildman–Crippen MR) is 94.8 cm³/mol. The van der Waals surface area contributed by atoms with Crippen LogP contribution in [0.3, 0.4) is 0 Å². The Morgan fingerprint density at radius 3 is 2.81 bits per heavy atom. The molecule has 4 rings (SSSR count). The number of hydrogen-bond acceptors (Lipinski definition) is 6. The number of benzene rings is 2. The van der Waals surface area contributed by atoms with Gasteiger partial charge < -0.3 is 14.5 Å². The molecule has 2 heterocycles. The van der Waals surface area contributed by atoms with Crippen molar-refractivity contribution in [2.45, 2.75) is 13.2 Å². The summed E-state index contributed by atoms with van der Waals surface area (Å²) in [5.41, 5.74) is 2.32. The van der Waals surface area contributed by atoms with Gasteiger partial charge in [-0.2, -0.15) is 14.0 Å². The van der Waals surface area contributed by atoms with Crippen molar-refractivity contribution in [2.75, 3.05) is 5.32 Å². The number of anilines is 1. The van der Waals surface area contributed by atoms with Crippen molar-refractivity contribution in [1.29, 1.82) is 0 Å². The Morgan fingerprint density at radius 2 is 2.07 bits per heavy atom. The van der Waals surface area contributed by atoms with Gasteiger partial charge in [0.15, 0.2) is 5.76 Å². The number of aromatic amines is 1. The molecule has 4 aromatic rings. The number of alkyl halides is 2. The normalized spacial score (nSPS) is 11.3. The van der Waals surface area contributed by atoms with E-state index in [1.807, 2.05) is 24.3 Å². The molecule has 27 heavy (non-hydrogen) atoms. The molecule has 0 aliphatic heterocycles. The molecule has 0 spiro atoms. The van der Waals surface area contributed by atoms with Crippen LogP contribution in [0, 0.1) is 0 Å². The fourth-order valence-electron chi connectivity index (χ4n) is 2.57. The van der Waals surface area contributed by atoms with Gasteiger partial charge in [0.1, 0.15) is 11.3 Å². The van der Waals surface area contributed by atoms with Gasteiger partial charge in [-0.25, -0.2) is 0 Å². The number of rotatable bonds is 6. The van der Waals surface area contributed by atoms with E-state index in [1.54, 1.807) is 6.07 Å². The highest BCUT2D eigenvalue weighted by Gasteiger charge is 2.11. The molecule has 0 saturated carbocycles. The summed E-state index contributed by atoms with van der Waals surface area (Å²) in [5.74, 6) is 0.833. The minimum Gasteiger partial charge on any atom is -0.453 e. The van der Waals surface area contributed by atoms with Crippen LogP contribution in [0.25, 0.3) is 22.6 Å². The average molecular weight is 392 g/mol. The lowest BCUT2D eigenvalue weighted by molar-refractivity contribution is -0.0497. The summed E-state index contributed by atoms with van der Waals surface area (Å²) in [6, 6.07) is 12.1. The highest BCUT2D eigenvalue weighted by atomic mass is 35.5. The van der Waals surface area contributed by atoms with E-state index in [9.17, 15) is 8.78 Å². The maximum atomic E-state index is 12.3. The monoisotopic (exact) mass is 391 g/mol. The Kier molecular flexibility index (Phi) is 4.59. The summed E-state index contributed by atoms with van der Waals surface area (Å²) in [6.07, 6.45) is 0. The molecule has 0 aliphatic carbocycles. The number of nitrogens with zero attached hydrogens (tertiary/aromatic N) is 3. The Hall–Kier alpha value is -3.20. The van der Waals surface area contributed by atoms with Crippen LogP contribution in [0.5, 0.6) is 5.75 Å². The summed E-state index contributed by atoms with van der Waals surface area (Å²) >= 11 is 5.95. The zero-order chi connectivity index (χ0) is 18.8. The lowest BCUT2D eigenvalue weighted by Gasteiger charge is -2.10. The van der Waals surface area contributed by atoms with Crippen LogP contribution in [0.2, 0.25) is 5.02 Å². The highest BCUT2D eigenvalue weighted by Crippen LogP contribution is 2.30. The number of hydrogen-bond donors (Lipinski definition) is 2. The van der Waals surface area contributed by atoms with Gasteiger partial charge >= 0.3 is 6.61 Å². The highest BCUT2D eigenvalue weighted by molar-refractivity contribution is 6.32. The topological polar surface area (TPSA) is 88.9 Å². The van der Waals surface area contributed by atoms with Crippen LogP contribution in [-0.2, 0) is 6.54 Å². The molecule has 0 radical (unpaired) electrons. The number of fused-ring (bicyclic) bond motifs is 1. The van der Waals surface area contributed by atoms with Gasteiger partial charge in [-0.15, -0.1) is 10.2 Å². The van der Waals surface area contributed by atoms with E-state index in [1.165, 1.54) is 12.1 Å². The fourth-order valence-corrected chi connectivity index (χ4v) is 2.79. The van der Waals surface area contributed by atoms with Gasteiger partial charge in [0.05, 0.1) is 5.02 Å². The molecule has 2 aromatic carbocycles. The van der Waals surface area contributed by atoms with E-state index in [2.05, 4.69) is 30.7 Å². The lowest BCUT2D eigenvalue weighted by Crippen LogP contribution is -2.03. The molecular weight excluding hydrogens is 380 g/mol. The summed E-state index contributed by atoms with van der Waals surface area (Å²) < 4.78 is 34.6. The minimum atomic E-state index is -2.92. The number of ether oxygens (including phenoxy) is 1. The molecule has 0 bridgehead atoms. The van der Waals surface area contributed by atoms with E-state index in [4.69, 9.17) is 16.0 Å². The third-order valence-electron chi connectivity index (χ3n) is 3.79. The SMILES string of the molecule is FC(F)Oc1ccc(NCc2ccc3cc(-c4nn[nH]n4)oc3c2)cc1Cl. The molecule has 0 saturated heterocycles. The van der Waals surface area contributed by atoms with Gasteiger partial charge in [0, 0.05) is 17.6 Å². The largest absolute Gasteiger partial charge is 0.453 e. The minimum absolute atomic E-state index is 0.0665. The second-order valence-electron chi connectivity index (χ2n) is 5.60. The van der Waals surface area contributed by atoms with Crippen molar-refractivity contribution in [1.82, 2.24) is 20.6 Å². The van der Waals surface area contributed by atoms with Crippen LogP contribution >= 0.6 is 11.6 Å². The molecule has 0 atom stereocenters. The van der Waals surface area contributed by atoms with E-state index in [0.717, 1.165) is 10.9 Å². The molecule has 10 heteroatoms. The third-order valence-corrected chi connectivity index (χ3v) is 4.09. The molecule has 0 unspecified atom stereocenters. The third kappa shape index (κ3) is 3.82. The molecule has 0 aliphatic rings. The quantitative estimate of drug-likeness (QED) is 0.503. The molecule has 7 nitrogen and oxygen atoms in total. The van der Waals surface area contributed by atoms with Crippen molar-refractivity contribution in [3.05, 3.63) is 53.1 Å². The standard InChI is InChI=1S/C17H12ClF2N5O2/c18-12-7-11(3-4-13(12)27-17(19)20)21-8-9-1-2-10-6-15(26-14(10)5-9)16-22-24-25-23-16/h1-7,17,21H,8H2,(H,22,23,24,25). The second-order valence-corrected chi connectivity index (χ2v) is 6.00. The number of aromatic nitrogens is 4. The number of H-pyrrole nitrogens is 1. The second kappa shape index (κ2) is 7.20. The number of nitrogens with one attached hydrogen (secondary N) is 2. The van der Waals surface area contributed by atoms with Crippen molar-refractivity contribution < 1.29 is 17.9 Å². The summed E-state index contributed by atoms with van der Waals surface area (Å²) in [6.45, 7) is -2.43. The van der Waals surface area contributed by atoms with Crippen LogP contribution in [0.4, 0.5) is 14.5 Å². The lowest BCUT2D eigenvalue weighted by atomic mass is 10.1. The fraction of sp³-hybridized carbons (Fsp3) is 0.118. The Morgan fingerprint density at radius 1 is 1.19 bits per heavy atom. The molecule has 0 amide bonds. The van der Waals surface area contributed by atoms with Gasteiger partial charge in [0.2, 0.25) is 5.82 Å². The van der Waals surface area contributed by atoms with Crippen LogP contribution < -0.4 is 10.1 Å². The smallest absolute Gasteiger partial charge is 0.387 e. The molecule has 2 aromatic heterocycles. The van der Waals surface area contributed by atoms with Crippen LogP contribution in [-0.4, -0.2) is 27.2 Å². The molecule has 138 valence electrons. The van der Waals surface area contributed by atoms with Crippen LogP contribution in [0.15, 0.2) is 46.9 Å². The Labute approximate surface area is 156 Å². The summed E-state index contributed by atoms with van der Waals surface area (Å²) in [4.78, 5) is 0. The summed E-state index contributed by atoms with van der Waals surface area (Å²) in [5, 5.41) is 17.9. The summed E-state index contributed by atoms with van der Waals surface area (Å²) in [7, 11) is 0. The van der Waals surface area contributed by atoms with Gasteiger partial charge in [-0.05, 0) is 41.1 Å². The Bertz CT molecular complexity index is 1070. The predicted octanol–water partition coefficient (Wildman–Crippen LogP) is 4.48. The number of halogens is 3. The van der Waals surface area contributed by atoms with E-state index in [0.29, 0.717) is 29.4 Å². The van der Waals surface area contributed by atoms with Crippen LogP contribution in [0.1, 0.15) is 5.56 Å². The first kappa shape index (κ1) is 17.2. The average Bonchev–Trinajstić information content (AvgIpc) is 3.30. The number of furan rings is 1. The molecule has 0 fully saturated rings. The van der Waals surface area contributed by atoms with Gasteiger partial charge in [-0.1, -0.05) is 23.7 Å². The van der Waals surface area contributed by atoms with Gasteiger partial charge in [-0.3, -0.25) is 0 Å². The van der Waals surface area contributed by atoms with Gasteiger partial charge in [0.25, 0.3) is 0 Å². The van der Waals surface area contributed by atoms with E-state index < -0.39 is 6.61 Å². The maximum Gasteiger partial charge on any atom is 0.387 e. The van der Waals surface area contributed by atoms with Crippen molar-refractivity contribution in [3.8, 4) is 17.3 Å².